The maximum Gasteiger partial charge on any atom is 0.404 e. The van der Waals surface area contributed by atoms with Gasteiger partial charge in [-0.25, -0.2) is 0 Å². The summed E-state index contributed by atoms with van der Waals surface area (Å²) in [5.74, 6) is 1.73. The third-order valence-corrected chi connectivity index (χ3v) is 4.66. The standard InChI is InChI=1S/C19H14BrN3O6/c20-15-11-22(21-19(15)23(25)26)10-14-3-2-13(29-14)4-5-16(24)12-1-6-17-18(9-12)28-8-7-27-17/h1-6,9,11H,7-8,10H2/b5-4+. The highest BCUT2D eigenvalue weighted by Crippen LogP contribution is 2.31. The smallest absolute Gasteiger partial charge is 0.404 e. The van der Waals surface area contributed by atoms with E-state index in [-0.39, 0.29) is 18.1 Å². The summed E-state index contributed by atoms with van der Waals surface area (Å²) in [6.07, 6.45) is 4.47. The minimum Gasteiger partial charge on any atom is -0.486 e. The second-order valence-corrected chi connectivity index (χ2v) is 6.97. The van der Waals surface area contributed by atoms with Gasteiger partial charge in [-0.2, -0.15) is 4.68 Å². The van der Waals surface area contributed by atoms with Gasteiger partial charge >= 0.3 is 5.82 Å². The SMILES string of the molecule is O=C(/C=C/c1ccc(Cn2cc(Br)c([N+](=O)[O-])n2)o1)c1ccc2c(c1)OCCO2. The van der Waals surface area contributed by atoms with Crippen molar-refractivity contribution in [2.45, 2.75) is 6.54 Å². The number of hydrogen-bond acceptors (Lipinski definition) is 7. The van der Waals surface area contributed by atoms with Crippen LogP contribution in [0.25, 0.3) is 6.08 Å². The van der Waals surface area contributed by atoms with Crippen molar-refractivity contribution in [1.82, 2.24) is 9.78 Å². The molecular formula is C19H14BrN3O6. The van der Waals surface area contributed by atoms with Gasteiger partial charge in [-0.15, -0.1) is 0 Å². The highest BCUT2D eigenvalue weighted by atomic mass is 79.9. The lowest BCUT2D eigenvalue weighted by Crippen LogP contribution is -2.15. The van der Waals surface area contributed by atoms with E-state index in [0.717, 1.165) is 0 Å². The number of allylic oxidation sites excluding steroid dienone is 1. The van der Waals surface area contributed by atoms with E-state index in [4.69, 9.17) is 13.9 Å². The largest absolute Gasteiger partial charge is 0.486 e. The summed E-state index contributed by atoms with van der Waals surface area (Å²) in [6.45, 7) is 1.16. The number of furan rings is 1. The van der Waals surface area contributed by atoms with Crippen molar-refractivity contribution in [3.8, 4) is 11.5 Å². The van der Waals surface area contributed by atoms with Gasteiger partial charge in [-0.1, -0.05) is 0 Å². The predicted octanol–water partition coefficient (Wildman–Crippen LogP) is 3.86. The van der Waals surface area contributed by atoms with Crippen LogP contribution in [-0.4, -0.2) is 33.7 Å². The molecule has 1 aliphatic rings. The summed E-state index contributed by atoms with van der Waals surface area (Å²) in [5, 5.41) is 14.7. The highest BCUT2D eigenvalue weighted by molar-refractivity contribution is 9.10. The van der Waals surface area contributed by atoms with E-state index >= 15 is 0 Å². The molecule has 4 rings (SSSR count). The first-order valence-corrected chi connectivity index (χ1v) is 9.37. The number of benzene rings is 1. The zero-order valence-electron chi connectivity index (χ0n) is 14.9. The molecule has 0 saturated heterocycles. The molecule has 3 aromatic rings. The number of rotatable bonds is 6. The Morgan fingerprint density at radius 1 is 1.24 bits per heavy atom. The van der Waals surface area contributed by atoms with E-state index in [1.165, 1.54) is 17.0 Å². The second-order valence-electron chi connectivity index (χ2n) is 6.12. The molecule has 0 bridgehead atoms. The zero-order chi connectivity index (χ0) is 20.4. The fraction of sp³-hybridized carbons (Fsp3) is 0.158. The molecule has 0 N–H and O–H groups in total. The van der Waals surface area contributed by atoms with Gasteiger partial charge in [0, 0.05) is 5.56 Å². The Balaban J connectivity index is 1.43. The summed E-state index contributed by atoms with van der Waals surface area (Å²) in [6, 6.07) is 8.46. The Kier molecular flexibility index (Phi) is 5.17. The Bertz CT molecular complexity index is 1120. The molecular weight excluding hydrogens is 446 g/mol. The molecule has 9 nitrogen and oxygen atoms in total. The lowest BCUT2D eigenvalue weighted by atomic mass is 10.1. The van der Waals surface area contributed by atoms with Gasteiger partial charge in [-0.05, 0) is 63.3 Å². The number of ether oxygens (including phenoxy) is 2. The van der Waals surface area contributed by atoms with Crippen molar-refractivity contribution in [1.29, 1.82) is 0 Å². The molecule has 1 aliphatic heterocycles. The van der Waals surface area contributed by atoms with Crippen LogP contribution in [0, 0.1) is 10.1 Å². The van der Waals surface area contributed by atoms with Crippen LogP contribution in [0.2, 0.25) is 0 Å². The van der Waals surface area contributed by atoms with Gasteiger partial charge in [0.05, 0.1) is 11.3 Å². The molecule has 0 saturated carbocycles. The molecule has 0 amide bonds. The molecule has 2 aromatic heterocycles. The number of nitro groups is 1. The van der Waals surface area contributed by atoms with Crippen LogP contribution >= 0.6 is 15.9 Å². The zero-order valence-corrected chi connectivity index (χ0v) is 16.5. The maximum atomic E-state index is 12.4. The van der Waals surface area contributed by atoms with Crippen molar-refractivity contribution in [2.24, 2.45) is 0 Å². The normalized spacial score (nSPS) is 13.0. The number of carbonyl (C=O) groups excluding carboxylic acids is 1. The second kappa shape index (κ2) is 7.92. The van der Waals surface area contributed by atoms with Crippen molar-refractivity contribution in [2.75, 3.05) is 13.2 Å². The molecule has 0 spiro atoms. The lowest BCUT2D eigenvalue weighted by molar-refractivity contribution is -0.390. The van der Waals surface area contributed by atoms with E-state index in [1.807, 2.05) is 0 Å². The van der Waals surface area contributed by atoms with Crippen molar-refractivity contribution >= 4 is 33.6 Å². The summed E-state index contributed by atoms with van der Waals surface area (Å²) in [7, 11) is 0. The molecule has 3 heterocycles. The van der Waals surface area contributed by atoms with E-state index in [9.17, 15) is 14.9 Å². The summed E-state index contributed by atoms with van der Waals surface area (Å²) in [5.41, 5.74) is 0.478. The molecule has 1 aromatic carbocycles. The van der Waals surface area contributed by atoms with E-state index in [0.29, 0.717) is 46.3 Å². The van der Waals surface area contributed by atoms with Gasteiger partial charge in [0.15, 0.2) is 17.3 Å². The summed E-state index contributed by atoms with van der Waals surface area (Å²) >= 11 is 3.10. The summed E-state index contributed by atoms with van der Waals surface area (Å²) in [4.78, 5) is 22.7. The average molecular weight is 460 g/mol. The van der Waals surface area contributed by atoms with E-state index < -0.39 is 4.92 Å². The fourth-order valence-electron chi connectivity index (χ4n) is 2.77. The van der Waals surface area contributed by atoms with Gasteiger partial charge < -0.3 is 24.0 Å². The molecule has 0 unspecified atom stereocenters. The number of aromatic nitrogens is 2. The van der Waals surface area contributed by atoms with Crippen LogP contribution in [0.15, 0.2) is 51.5 Å². The van der Waals surface area contributed by atoms with E-state index in [1.54, 1.807) is 36.4 Å². The van der Waals surface area contributed by atoms with Gasteiger partial charge in [0.25, 0.3) is 0 Å². The molecule has 0 aliphatic carbocycles. The molecule has 29 heavy (non-hydrogen) atoms. The Morgan fingerprint density at radius 3 is 2.79 bits per heavy atom. The number of ketones is 1. The monoisotopic (exact) mass is 459 g/mol. The van der Waals surface area contributed by atoms with Gasteiger partial charge in [-0.3, -0.25) is 4.79 Å². The number of nitrogens with zero attached hydrogens (tertiary/aromatic N) is 3. The third-order valence-electron chi connectivity index (χ3n) is 4.10. The molecule has 0 radical (unpaired) electrons. The molecule has 148 valence electrons. The number of hydrogen-bond donors (Lipinski definition) is 0. The third kappa shape index (κ3) is 4.21. The summed E-state index contributed by atoms with van der Waals surface area (Å²) < 4.78 is 18.3. The molecule has 0 fully saturated rings. The van der Waals surface area contributed by atoms with Crippen molar-refractivity contribution in [3.05, 3.63) is 74.3 Å². The van der Waals surface area contributed by atoms with Crippen molar-refractivity contribution < 1.29 is 23.6 Å². The number of halogens is 1. The predicted molar refractivity (Wildman–Crippen MR) is 105 cm³/mol. The van der Waals surface area contributed by atoms with E-state index in [2.05, 4.69) is 21.0 Å². The highest BCUT2D eigenvalue weighted by Gasteiger charge is 2.19. The molecule has 10 heteroatoms. The minimum atomic E-state index is -0.569. The van der Waals surface area contributed by atoms with Crippen molar-refractivity contribution in [3.63, 3.8) is 0 Å². The van der Waals surface area contributed by atoms with Crippen LogP contribution in [-0.2, 0) is 6.54 Å². The first kappa shape index (κ1) is 18.9. The van der Waals surface area contributed by atoms with Crippen LogP contribution < -0.4 is 9.47 Å². The Labute approximate surface area is 172 Å². The first-order valence-electron chi connectivity index (χ1n) is 8.58. The minimum absolute atomic E-state index is 0.202. The van der Waals surface area contributed by atoms with Crippen LogP contribution in [0.4, 0.5) is 5.82 Å². The average Bonchev–Trinajstić information content (AvgIpc) is 3.32. The number of carbonyl (C=O) groups is 1. The van der Waals surface area contributed by atoms with Gasteiger partial charge in [0.2, 0.25) is 0 Å². The topological polar surface area (TPSA) is 110 Å². The maximum absolute atomic E-state index is 12.4. The van der Waals surface area contributed by atoms with Gasteiger partial charge in [0.1, 0.15) is 35.8 Å². The lowest BCUT2D eigenvalue weighted by Gasteiger charge is -2.18. The fourth-order valence-corrected chi connectivity index (χ4v) is 3.23. The van der Waals surface area contributed by atoms with Crippen LogP contribution in [0.1, 0.15) is 21.9 Å². The molecule has 0 atom stereocenters. The van der Waals surface area contributed by atoms with Crippen LogP contribution in [0.5, 0.6) is 11.5 Å². The first-order chi connectivity index (χ1) is 14.0. The Hall–Kier alpha value is -3.40. The Morgan fingerprint density at radius 2 is 2.03 bits per heavy atom. The van der Waals surface area contributed by atoms with Crippen LogP contribution in [0.3, 0.4) is 0 Å². The number of fused-ring (bicyclic) bond motifs is 1. The quantitative estimate of drug-likeness (QED) is 0.238.